The van der Waals surface area contributed by atoms with Crippen LogP contribution in [0.15, 0.2) is 18.2 Å². The van der Waals surface area contributed by atoms with Crippen LogP contribution in [0.2, 0.25) is 0 Å². The third kappa shape index (κ3) is 4.97. The number of ether oxygens (including phenoxy) is 2. The number of methoxy groups -OCH3 is 2. The van der Waals surface area contributed by atoms with Crippen molar-refractivity contribution in [1.29, 1.82) is 0 Å². The predicted molar refractivity (Wildman–Crippen MR) is 73.2 cm³/mol. The monoisotopic (exact) mass is 280 g/mol. The number of rotatable bonds is 7. The zero-order chi connectivity index (χ0) is 15.0. The summed E-state index contributed by atoms with van der Waals surface area (Å²) in [6, 6.07) is 5.22. The summed E-state index contributed by atoms with van der Waals surface area (Å²) in [5.41, 5.74) is 1.05. The van der Waals surface area contributed by atoms with Crippen LogP contribution in [-0.4, -0.2) is 49.1 Å². The zero-order valence-corrected chi connectivity index (χ0v) is 12.1. The first-order valence-corrected chi connectivity index (χ1v) is 6.44. The lowest BCUT2D eigenvalue weighted by atomic mass is 10.2. The van der Waals surface area contributed by atoms with E-state index in [0.717, 1.165) is 12.2 Å². The van der Waals surface area contributed by atoms with Gasteiger partial charge in [0, 0.05) is 13.1 Å². The Balaban J connectivity index is 2.65. The molecule has 0 spiro atoms. The van der Waals surface area contributed by atoms with Gasteiger partial charge in [-0.15, -0.1) is 0 Å². The van der Waals surface area contributed by atoms with Gasteiger partial charge in [-0.3, -0.25) is 9.69 Å². The Morgan fingerprint density at radius 2 is 2.00 bits per heavy atom. The highest BCUT2D eigenvalue weighted by atomic mass is 16.5. The van der Waals surface area contributed by atoms with E-state index in [-0.39, 0.29) is 11.7 Å². The molecule has 0 aromatic carbocycles. The Hall–Kier alpha value is -1.95. The van der Waals surface area contributed by atoms with Crippen LogP contribution in [0.3, 0.4) is 0 Å². The van der Waals surface area contributed by atoms with Crippen molar-refractivity contribution in [1.82, 2.24) is 9.88 Å². The van der Waals surface area contributed by atoms with Gasteiger partial charge < -0.3 is 9.47 Å². The average molecular weight is 280 g/mol. The van der Waals surface area contributed by atoms with Gasteiger partial charge in [-0.05, 0) is 18.7 Å². The second kappa shape index (κ2) is 8.27. The molecule has 0 bridgehead atoms. The molecule has 1 heterocycles. The first kappa shape index (κ1) is 16.1. The molecule has 0 aliphatic heterocycles. The Labute approximate surface area is 118 Å². The third-order valence-corrected chi connectivity index (χ3v) is 2.89. The van der Waals surface area contributed by atoms with E-state index >= 15 is 0 Å². The first-order chi connectivity index (χ1) is 9.60. The minimum atomic E-state index is -0.454. The van der Waals surface area contributed by atoms with Crippen molar-refractivity contribution in [3.05, 3.63) is 29.6 Å². The van der Waals surface area contributed by atoms with E-state index in [1.54, 1.807) is 12.1 Å². The maximum Gasteiger partial charge on any atom is 0.356 e. The van der Waals surface area contributed by atoms with Gasteiger partial charge in [0.2, 0.25) is 0 Å². The largest absolute Gasteiger partial charge is 0.469 e. The molecule has 1 aromatic heterocycles. The first-order valence-electron chi connectivity index (χ1n) is 6.44. The minimum absolute atomic E-state index is 0.236. The summed E-state index contributed by atoms with van der Waals surface area (Å²) in [5.74, 6) is -0.691. The lowest BCUT2D eigenvalue weighted by molar-refractivity contribution is -0.141. The number of aromatic nitrogens is 1. The number of nitrogens with zero attached hydrogens (tertiary/aromatic N) is 2. The van der Waals surface area contributed by atoms with Crippen molar-refractivity contribution >= 4 is 11.9 Å². The number of pyridine rings is 1. The van der Waals surface area contributed by atoms with Crippen molar-refractivity contribution in [2.24, 2.45) is 0 Å². The quantitative estimate of drug-likeness (QED) is 0.700. The Bertz CT molecular complexity index is 462. The molecule has 0 amide bonds. The summed E-state index contributed by atoms with van der Waals surface area (Å²) < 4.78 is 9.26. The molecule has 1 rings (SSSR count). The van der Waals surface area contributed by atoms with Gasteiger partial charge in [-0.25, -0.2) is 9.78 Å². The van der Waals surface area contributed by atoms with Gasteiger partial charge >= 0.3 is 11.9 Å². The van der Waals surface area contributed by atoms with Crippen molar-refractivity contribution in [3.63, 3.8) is 0 Å². The van der Waals surface area contributed by atoms with Crippen LogP contribution in [0.5, 0.6) is 0 Å². The summed E-state index contributed by atoms with van der Waals surface area (Å²) in [4.78, 5) is 28.9. The fraction of sp³-hybridized carbons (Fsp3) is 0.500. The van der Waals surface area contributed by atoms with Gasteiger partial charge in [0.1, 0.15) is 5.69 Å². The smallest absolute Gasteiger partial charge is 0.356 e. The van der Waals surface area contributed by atoms with E-state index in [9.17, 15) is 9.59 Å². The highest BCUT2D eigenvalue weighted by Gasteiger charge is 2.11. The van der Waals surface area contributed by atoms with E-state index in [1.807, 2.05) is 13.0 Å². The van der Waals surface area contributed by atoms with Gasteiger partial charge in [0.15, 0.2) is 0 Å². The molecule has 0 aliphatic rings. The fourth-order valence-electron chi connectivity index (χ4n) is 1.72. The van der Waals surface area contributed by atoms with Crippen LogP contribution >= 0.6 is 0 Å². The molecular weight excluding hydrogens is 260 g/mol. The molecule has 0 saturated heterocycles. The van der Waals surface area contributed by atoms with Gasteiger partial charge in [-0.2, -0.15) is 0 Å². The van der Waals surface area contributed by atoms with E-state index in [4.69, 9.17) is 0 Å². The zero-order valence-electron chi connectivity index (χ0n) is 12.1. The van der Waals surface area contributed by atoms with Crippen LogP contribution in [0, 0.1) is 0 Å². The average Bonchev–Trinajstić information content (AvgIpc) is 2.50. The fourth-order valence-corrected chi connectivity index (χ4v) is 1.72. The Morgan fingerprint density at radius 1 is 1.25 bits per heavy atom. The third-order valence-electron chi connectivity index (χ3n) is 2.89. The molecule has 1 aromatic rings. The van der Waals surface area contributed by atoms with E-state index in [2.05, 4.69) is 19.4 Å². The second-order valence-corrected chi connectivity index (χ2v) is 4.20. The molecule has 0 saturated carbocycles. The number of carbonyl (C=O) groups is 2. The van der Waals surface area contributed by atoms with E-state index < -0.39 is 5.97 Å². The van der Waals surface area contributed by atoms with Crippen LogP contribution < -0.4 is 0 Å². The van der Waals surface area contributed by atoms with E-state index in [1.165, 1.54) is 14.2 Å². The van der Waals surface area contributed by atoms with Crippen LogP contribution in [0.1, 0.15) is 29.5 Å². The molecule has 20 heavy (non-hydrogen) atoms. The summed E-state index contributed by atoms with van der Waals surface area (Å²) >= 11 is 0. The molecule has 0 unspecified atom stereocenters. The molecule has 6 nitrogen and oxygen atoms in total. The van der Waals surface area contributed by atoms with Crippen molar-refractivity contribution in [2.45, 2.75) is 19.9 Å². The van der Waals surface area contributed by atoms with Crippen LogP contribution in [-0.2, 0) is 20.8 Å². The SMILES string of the molecule is CCN(CCC(=O)OC)Cc1cccc(C(=O)OC)n1. The number of hydrogen-bond donors (Lipinski definition) is 0. The molecule has 110 valence electrons. The molecule has 0 radical (unpaired) electrons. The Kier molecular flexibility index (Phi) is 6.66. The second-order valence-electron chi connectivity index (χ2n) is 4.20. The molecule has 6 heteroatoms. The van der Waals surface area contributed by atoms with Gasteiger partial charge in [-0.1, -0.05) is 13.0 Å². The topological polar surface area (TPSA) is 68.7 Å². The standard InChI is InChI=1S/C14H20N2O4/c1-4-16(9-8-13(17)19-2)10-11-6-5-7-12(15-11)14(18)20-3/h5-7H,4,8-10H2,1-3H3. The maximum atomic E-state index is 11.4. The van der Waals surface area contributed by atoms with E-state index in [0.29, 0.717) is 19.5 Å². The molecule has 0 fully saturated rings. The van der Waals surface area contributed by atoms with Crippen LogP contribution in [0.4, 0.5) is 0 Å². The summed E-state index contributed by atoms with van der Waals surface area (Å²) in [6.45, 7) is 3.94. The lowest BCUT2D eigenvalue weighted by Crippen LogP contribution is -2.26. The van der Waals surface area contributed by atoms with Crippen molar-refractivity contribution in [3.8, 4) is 0 Å². The molecule has 0 atom stereocenters. The molecule has 0 N–H and O–H groups in total. The van der Waals surface area contributed by atoms with Crippen molar-refractivity contribution < 1.29 is 19.1 Å². The molecule has 0 aliphatic carbocycles. The van der Waals surface area contributed by atoms with Crippen LogP contribution in [0.25, 0.3) is 0 Å². The maximum absolute atomic E-state index is 11.4. The van der Waals surface area contributed by atoms with Gasteiger partial charge in [0.05, 0.1) is 26.3 Å². The number of esters is 2. The highest BCUT2D eigenvalue weighted by molar-refractivity contribution is 5.87. The predicted octanol–water partition coefficient (Wildman–Crippen LogP) is 1.25. The number of hydrogen-bond acceptors (Lipinski definition) is 6. The minimum Gasteiger partial charge on any atom is -0.469 e. The summed E-state index contributed by atoms with van der Waals surface area (Å²) in [5, 5.41) is 0. The van der Waals surface area contributed by atoms with Gasteiger partial charge in [0.25, 0.3) is 0 Å². The normalized spacial score (nSPS) is 10.4. The Morgan fingerprint density at radius 3 is 2.60 bits per heavy atom. The molecular formula is C14H20N2O4. The highest BCUT2D eigenvalue weighted by Crippen LogP contribution is 2.06. The van der Waals surface area contributed by atoms with Crippen molar-refractivity contribution in [2.75, 3.05) is 27.3 Å². The summed E-state index contributed by atoms with van der Waals surface area (Å²) in [6.07, 6.45) is 0.334. The lowest BCUT2D eigenvalue weighted by Gasteiger charge is -2.19. The summed E-state index contributed by atoms with van der Waals surface area (Å²) in [7, 11) is 2.70. The number of carbonyl (C=O) groups excluding carboxylic acids is 2.